The Kier molecular flexibility index (Phi) is 4.76. The van der Waals surface area contributed by atoms with Crippen molar-refractivity contribution in [2.75, 3.05) is 19.6 Å². The van der Waals surface area contributed by atoms with Gasteiger partial charge in [0.25, 0.3) is 5.91 Å². The molecule has 6 heteroatoms. The van der Waals surface area contributed by atoms with E-state index in [2.05, 4.69) is 22.4 Å². The number of likely N-dealkylation sites (tertiary alicyclic amines) is 1. The van der Waals surface area contributed by atoms with Crippen molar-refractivity contribution in [2.24, 2.45) is 5.92 Å². The summed E-state index contributed by atoms with van der Waals surface area (Å²) in [6, 6.07) is 1.81. The van der Waals surface area contributed by atoms with Gasteiger partial charge in [-0.25, -0.2) is 0 Å². The van der Waals surface area contributed by atoms with Crippen LogP contribution in [-0.4, -0.2) is 46.5 Å². The van der Waals surface area contributed by atoms with Gasteiger partial charge in [0.15, 0.2) is 0 Å². The van der Waals surface area contributed by atoms with Gasteiger partial charge in [-0.1, -0.05) is 13.3 Å². The van der Waals surface area contributed by atoms with Crippen LogP contribution in [0.2, 0.25) is 0 Å². The number of aryl methyl sites for hydroxylation is 1. The van der Waals surface area contributed by atoms with Gasteiger partial charge in [-0.15, -0.1) is 0 Å². The highest BCUT2D eigenvalue weighted by Gasteiger charge is 2.31. The predicted octanol–water partition coefficient (Wildman–Crippen LogP) is 0.960. The first-order chi connectivity index (χ1) is 9.65. The largest absolute Gasteiger partial charge is 0.356 e. The number of rotatable bonds is 5. The van der Waals surface area contributed by atoms with Gasteiger partial charge < -0.3 is 10.2 Å². The Labute approximate surface area is 118 Å². The Bertz CT molecular complexity index is 483. The maximum absolute atomic E-state index is 12.3. The lowest BCUT2D eigenvalue weighted by molar-refractivity contribution is -0.124. The first-order valence-corrected chi connectivity index (χ1v) is 7.27. The molecule has 20 heavy (non-hydrogen) atoms. The average Bonchev–Trinajstić information content (AvgIpc) is 3.07. The fourth-order valence-corrected chi connectivity index (χ4v) is 2.51. The van der Waals surface area contributed by atoms with Gasteiger partial charge >= 0.3 is 0 Å². The third kappa shape index (κ3) is 3.18. The molecule has 0 aromatic carbocycles. The third-order valence-corrected chi connectivity index (χ3v) is 3.57. The average molecular weight is 278 g/mol. The number of amides is 2. The molecule has 0 unspecified atom stereocenters. The fraction of sp³-hybridized carbons (Fsp3) is 0.643. The minimum absolute atomic E-state index is 0.0384. The molecule has 2 N–H and O–H groups in total. The number of H-pyrrole nitrogens is 1. The van der Waals surface area contributed by atoms with E-state index in [0.717, 1.165) is 25.0 Å². The molecule has 1 fully saturated rings. The van der Waals surface area contributed by atoms with Crippen molar-refractivity contribution in [2.45, 2.75) is 33.1 Å². The van der Waals surface area contributed by atoms with Gasteiger partial charge in [-0.05, 0) is 25.8 Å². The minimum Gasteiger partial charge on any atom is -0.356 e. The lowest BCUT2D eigenvalue weighted by Gasteiger charge is -2.14. The Hall–Kier alpha value is -1.85. The zero-order chi connectivity index (χ0) is 14.5. The van der Waals surface area contributed by atoms with Gasteiger partial charge in [-0.3, -0.25) is 14.7 Å². The second-order valence-electron chi connectivity index (χ2n) is 5.16. The zero-order valence-electron chi connectivity index (χ0n) is 12.1. The molecule has 0 spiro atoms. The first kappa shape index (κ1) is 14.6. The van der Waals surface area contributed by atoms with Crippen molar-refractivity contribution in [3.05, 3.63) is 17.5 Å². The van der Waals surface area contributed by atoms with E-state index in [9.17, 15) is 9.59 Å². The van der Waals surface area contributed by atoms with Crippen LogP contribution in [0, 0.1) is 5.92 Å². The summed E-state index contributed by atoms with van der Waals surface area (Å²) < 4.78 is 0. The zero-order valence-corrected chi connectivity index (χ0v) is 12.1. The normalized spacial score (nSPS) is 18.3. The molecule has 0 saturated carbocycles. The molecule has 1 aromatic rings. The third-order valence-electron chi connectivity index (χ3n) is 3.57. The van der Waals surface area contributed by atoms with Gasteiger partial charge in [0.2, 0.25) is 5.91 Å². The first-order valence-electron chi connectivity index (χ1n) is 7.27. The number of hydrogen-bond donors (Lipinski definition) is 2. The summed E-state index contributed by atoms with van der Waals surface area (Å²) in [5.41, 5.74) is 1.43. The van der Waals surface area contributed by atoms with Crippen molar-refractivity contribution < 1.29 is 9.59 Å². The smallest absolute Gasteiger partial charge is 0.274 e. The van der Waals surface area contributed by atoms with Crippen LogP contribution < -0.4 is 5.32 Å². The summed E-state index contributed by atoms with van der Waals surface area (Å²) >= 11 is 0. The van der Waals surface area contributed by atoms with Crippen molar-refractivity contribution in [1.29, 1.82) is 0 Å². The molecular formula is C14H22N4O2. The van der Waals surface area contributed by atoms with Crippen molar-refractivity contribution in [3.63, 3.8) is 0 Å². The number of aromatic amines is 1. The second-order valence-corrected chi connectivity index (χ2v) is 5.16. The van der Waals surface area contributed by atoms with Crippen LogP contribution in [0.1, 0.15) is 42.9 Å². The monoisotopic (exact) mass is 278 g/mol. The van der Waals surface area contributed by atoms with Crippen LogP contribution in [0.25, 0.3) is 0 Å². The number of nitrogens with zero attached hydrogens (tertiary/aromatic N) is 2. The molecule has 0 bridgehead atoms. The summed E-state index contributed by atoms with van der Waals surface area (Å²) in [4.78, 5) is 25.8. The van der Waals surface area contributed by atoms with E-state index in [1.54, 1.807) is 4.90 Å². The van der Waals surface area contributed by atoms with E-state index >= 15 is 0 Å². The summed E-state index contributed by atoms with van der Waals surface area (Å²) in [7, 11) is 0. The van der Waals surface area contributed by atoms with Gasteiger partial charge in [0.1, 0.15) is 5.69 Å². The van der Waals surface area contributed by atoms with E-state index < -0.39 is 0 Å². The van der Waals surface area contributed by atoms with E-state index in [4.69, 9.17) is 0 Å². The Morgan fingerprint density at radius 3 is 3.00 bits per heavy atom. The molecule has 110 valence electrons. The maximum atomic E-state index is 12.3. The predicted molar refractivity (Wildman–Crippen MR) is 75.3 cm³/mol. The molecule has 1 aromatic heterocycles. The molecule has 1 atom stereocenters. The fourth-order valence-electron chi connectivity index (χ4n) is 2.51. The van der Waals surface area contributed by atoms with Crippen LogP contribution in [0.4, 0.5) is 0 Å². The minimum atomic E-state index is -0.0899. The Balaban J connectivity index is 1.95. The molecule has 1 aliphatic heterocycles. The van der Waals surface area contributed by atoms with Gasteiger partial charge in [-0.2, -0.15) is 5.10 Å². The molecule has 6 nitrogen and oxygen atoms in total. The number of carbonyl (C=O) groups is 2. The topological polar surface area (TPSA) is 78.1 Å². The molecule has 1 saturated heterocycles. The van der Waals surface area contributed by atoms with Crippen molar-refractivity contribution in [1.82, 2.24) is 20.4 Å². The van der Waals surface area contributed by atoms with Gasteiger partial charge in [0, 0.05) is 25.3 Å². The SMILES string of the molecule is CCCc1cc(C(=O)N2CC[C@@H](C(=O)NCC)C2)n[nH]1. The number of hydrogen-bond acceptors (Lipinski definition) is 3. The van der Waals surface area contributed by atoms with E-state index in [0.29, 0.717) is 25.3 Å². The Morgan fingerprint density at radius 1 is 1.50 bits per heavy atom. The summed E-state index contributed by atoms with van der Waals surface area (Å²) in [6.45, 7) is 5.72. The molecule has 2 amide bonds. The highest BCUT2D eigenvalue weighted by molar-refractivity contribution is 5.93. The summed E-state index contributed by atoms with van der Waals surface area (Å²) in [6.07, 6.45) is 2.63. The number of aromatic nitrogens is 2. The second kappa shape index (κ2) is 6.54. The molecule has 2 heterocycles. The quantitative estimate of drug-likeness (QED) is 0.842. The highest BCUT2D eigenvalue weighted by atomic mass is 16.2. The maximum Gasteiger partial charge on any atom is 0.274 e. The van der Waals surface area contributed by atoms with E-state index in [1.165, 1.54) is 0 Å². The lowest BCUT2D eigenvalue weighted by Crippen LogP contribution is -2.34. The van der Waals surface area contributed by atoms with Crippen LogP contribution in [-0.2, 0) is 11.2 Å². The number of nitrogens with one attached hydrogen (secondary N) is 2. The van der Waals surface area contributed by atoms with Gasteiger partial charge in [0.05, 0.1) is 5.92 Å². The lowest BCUT2D eigenvalue weighted by atomic mass is 10.1. The molecule has 0 radical (unpaired) electrons. The van der Waals surface area contributed by atoms with Crippen molar-refractivity contribution in [3.8, 4) is 0 Å². The van der Waals surface area contributed by atoms with Crippen LogP contribution in [0.5, 0.6) is 0 Å². The molecule has 0 aliphatic carbocycles. The Morgan fingerprint density at radius 2 is 2.30 bits per heavy atom. The van der Waals surface area contributed by atoms with Crippen LogP contribution in [0.15, 0.2) is 6.07 Å². The summed E-state index contributed by atoms with van der Waals surface area (Å²) in [5.74, 6) is -0.139. The van der Waals surface area contributed by atoms with E-state index in [-0.39, 0.29) is 17.7 Å². The summed E-state index contributed by atoms with van der Waals surface area (Å²) in [5, 5.41) is 9.77. The standard InChI is InChI=1S/C14H22N4O2/c1-3-5-11-8-12(17-16-11)14(20)18-7-6-10(9-18)13(19)15-4-2/h8,10H,3-7,9H2,1-2H3,(H,15,19)(H,16,17)/t10-/m1/s1. The van der Waals surface area contributed by atoms with Crippen molar-refractivity contribution >= 4 is 11.8 Å². The number of carbonyl (C=O) groups excluding carboxylic acids is 2. The van der Waals surface area contributed by atoms with Crippen LogP contribution in [0.3, 0.4) is 0 Å². The molecule has 2 rings (SSSR count). The molecule has 1 aliphatic rings. The van der Waals surface area contributed by atoms with Crippen LogP contribution >= 0.6 is 0 Å². The van der Waals surface area contributed by atoms with E-state index in [1.807, 2.05) is 13.0 Å². The molecular weight excluding hydrogens is 256 g/mol. The highest BCUT2D eigenvalue weighted by Crippen LogP contribution is 2.18.